The Hall–Kier alpha value is -3.62. The molecule has 0 atom stereocenters. The van der Waals surface area contributed by atoms with E-state index in [4.69, 9.17) is 16.9 Å². The number of hydrogen-bond donors (Lipinski definition) is 2. The van der Waals surface area contributed by atoms with E-state index in [9.17, 15) is 29.1 Å². The van der Waals surface area contributed by atoms with E-state index >= 15 is 0 Å². The van der Waals surface area contributed by atoms with Crippen LogP contribution in [-0.2, 0) is 11.3 Å². The molecular weight excluding hydrogens is 392 g/mol. The van der Waals surface area contributed by atoms with Gasteiger partial charge in [-0.3, -0.25) is 4.79 Å². The number of rotatable bonds is 4. The molecule has 142 valence electrons. The molecule has 2 aromatic carbocycles. The molecule has 9 heteroatoms. The lowest BCUT2D eigenvalue weighted by Crippen LogP contribution is -2.28. The molecular formula is C19H12ClF2N3O3. The van der Waals surface area contributed by atoms with Crippen molar-refractivity contribution in [1.29, 1.82) is 10.5 Å². The van der Waals surface area contributed by atoms with Gasteiger partial charge in [0.2, 0.25) is 0 Å². The first-order chi connectivity index (χ1) is 13.2. The van der Waals surface area contributed by atoms with Gasteiger partial charge in [-0.25, -0.2) is 8.78 Å². The number of amides is 1. The minimum absolute atomic E-state index is 0.0720. The molecule has 0 saturated carbocycles. The van der Waals surface area contributed by atoms with Gasteiger partial charge in [0.15, 0.2) is 5.57 Å². The number of aliphatic hydroxyl groups excluding tert-OH is 1. The third-order valence-corrected chi connectivity index (χ3v) is 4.02. The summed E-state index contributed by atoms with van der Waals surface area (Å²) in [6.07, 6.45) is 0. The van der Waals surface area contributed by atoms with E-state index in [1.54, 1.807) is 6.07 Å². The number of nitrogens with zero attached hydrogens (tertiary/aromatic N) is 3. The highest BCUT2D eigenvalue weighted by Gasteiger charge is 2.24. The van der Waals surface area contributed by atoms with Crippen LogP contribution in [0.1, 0.15) is 16.7 Å². The summed E-state index contributed by atoms with van der Waals surface area (Å²) in [5.41, 5.74) is -1.72. The third-order valence-electron chi connectivity index (χ3n) is 3.79. The fourth-order valence-corrected chi connectivity index (χ4v) is 2.55. The summed E-state index contributed by atoms with van der Waals surface area (Å²) in [5, 5.41) is 38.1. The number of nitriles is 2. The summed E-state index contributed by atoms with van der Waals surface area (Å²) < 4.78 is 27.9. The first kappa shape index (κ1) is 20.7. The van der Waals surface area contributed by atoms with E-state index < -0.39 is 40.2 Å². The van der Waals surface area contributed by atoms with Crippen molar-refractivity contribution in [2.24, 2.45) is 0 Å². The highest BCUT2D eigenvalue weighted by Crippen LogP contribution is 2.27. The number of carbonyl (C=O) groups excluding carboxylic acids is 1. The molecule has 0 unspecified atom stereocenters. The lowest BCUT2D eigenvalue weighted by molar-refractivity contribution is -0.126. The molecule has 0 aliphatic heterocycles. The molecule has 0 saturated heterocycles. The van der Waals surface area contributed by atoms with Gasteiger partial charge < -0.3 is 15.1 Å². The zero-order chi connectivity index (χ0) is 21.0. The normalized spacial score (nSPS) is 11.2. The Morgan fingerprint density at radius 1 is 1.21 bits per heavy atom. The molecule has 0 aromatic heterocycles. The Balaban J connectivity index is 2.43. The molecule has 6 nitrogen and oxygen atoms in total. The van der Waals surface area contributed by atoms with Crippen molar-refractivity contribution in [2.45, 2.75) is 6.54 Å². The van der Waals surface area contributed by atoms with Crippen LogP contribution in [0.4, 0.5) is 8.78 Å². The molecule has 2 aromatic rings. The summed E-state index contributed by atoms with van der Waals surface area (Å²) in [4.78, 5) is 13.5. The summed E-state index contributed by atoms with van der Waals surface area (Å²) in [5.74, 6) is -4.45. The average Bonchev–Trinajstić information content (AvgIpc) is 2.65. The molecule has 28 heavy (non-hydrogen) atoms. The van der Waals surface area contributed by atoms with Gasteiger partial charge in [0, 0.05) is 30.2 Å². The summed E-state index contributed by atoms with van der Waals surface area (Å²) in [6.45, 7) is -0.273. The maximum absolute atomic E-state index is 14.1. The molecule has 2 N–H and O–H groups in total. The minimum atomic E-state index is -1.14. The molecule has 0 bridgehead atoms. The van der Waals surface area contributed by atoms with Crippen LogP contribution in [0.2, 0.25) is 5.02 Å². The van der Waals surface area contributed by atoms with Crippen molar-refractivity contribution in [3.8, 4) is 17.9 Å². The molecule has 0 radical (unpaired) electrons. The molecule has 0 heterocycles. The highest BCUT2D eigenvalue weighted by molar-refractivity contribution is 6.30. The summed E-state index contributed by atoms with van der Waals surface area (Å²) in [6, 6.07) is 8.20. The van der Waals surface area contributed by atoms with Crippen molar-refractivity contribution in [2.75, 3.05) is 7.05 Å². The molecule has 2 rings (SSSR count). The fourth-order valence-electron chi connectivity index (χ4n) is 2.35. The van der Waals surface area contributed by atoms with E-state index in [0.717, 1.165) is 17.0 Å². The van der Waals surface area contributed by atoms with Gasteiger partial charge in [0.25, 0.3) is 5.91 Å². The number of benzene rings is 2. The summed E-state index contributed by atoms with van der Waals surface area (Å²) >= 11 is 5.80. The lowest BCUT2D eigenvalue weighted by atomic mass is 10.0. The van der Waals surface area contributed by atoms with Gasteiger partial charge in [-0.05, 0) is 24.3 Å². The van der Waals surface area contributed by atoms with Crippen molar-refractivity contribution < 1.29 is 23.8 Å². The fraction of sp³-hybridized carbons (Fsp3) is 0.105. The van der Waals surface area contributed by atoms with Crippen LogP contribution in [0.5, 0.6) is 5.75 Å². The van der Waals surface area contributed by atoms with Crippen LogP contribution >= 0.6 is 11.6 Å². The lowest BCUT2D eigenvalue weighted by Gasteiger charge is -2.18. The number of carbonyl (C=O) groups is 1. The Morgan fingerprint density at radius 3 is 2.50 bits per heavy atom. The average molecular weight is 404 g/mol. The van der Waals surface area contributed by atoms with Gasteiger partial charge in [0.1, 0.15) is 35.3 Å². The van der Waals surface area contributed by atoms with Crippen LogP contribution in [0.3, 0.4) is 0 Å². The number of phenolic OH excluding ortho intramolecular Hbond substituents is 1. The second-order valence-corrected chi connectivity index (χ2v) is 6.13. The van der Waals surface area contributed by atoms with E-state index in [2.05, 4.69) is 0 Å². The molecule has 1 amide bonds. The van der Waals surface area contributed by atoms with Gasteiger partial charge in [-0.2, -0.15) is 10.5 Å². The molecule has 0 spiro atoms. The van der Waals surface area contributed by atoms with Crippen molar-refractivity contribution in [3.63, 3.8) is 0 Å². The quantitative estimate of drug-likeness (QED) is 0.460. The number of likely N-dealkylation sites (N-methyl/N-ethyl adjacent to an activating group) is 1. The topological polar surface area (TPSA) is 108 Å². The van der Waals surface area contributed by atoms with E-state index in [-0.39, 0.29) is 22.7 Å². The van der Waals surface area contributed by atoms with Crippen LogP contribution in [0.15, 0.2) is 35.9 Å². The van der Waals surface area contributed by atoms with Crippen LogP contribution in [-0.4, -0.2) is 28.1 Å². The van der Waals surface area contributed by atoms with Gasteiger partial charge in [0.05, 0.1) is 11.1 Å². The van der Waals surface area contributed by atoms with Crippen LogP contribution in [0.25, 0.3) is 5.76 Å². The number of aromatic hydroxyl groups is 1. The van der Waals surface area contributed by atoms with E-state index in [1.807, 2.05) is 0 Å². The Labute approximate surface area is 163 Å². The predicted octanol–water partition coefficient (Wildman–Crippen LogP) is 3.65. The van der Waals surface area contributed by atoms with Crippen LogP contribution in [0, 0.1) is 34.3 Å². The summed E-state index contributed by atoms with van der Waals surface area (Å²) in [7, 11) is 1.25. The van der Waals surface area contributed by atoms with E-state index in [1.165, 1.54) is 25.2 Å². The Bertz CT molecular complexity index is 1070. The van der Waals surface area contributed by atoms with Crippen LogP contribution < -0.4 is 0 Å². The maximum atomic E-state index is 14.1. The number of phenols is 1. The monoisotopic (exact) mass is 403 g/mol. The molecule has 0 fully saturated rings. The standard InChI is InChI=1S/C19H12ClF2N3O3/c1-25(9-11-4-12(20)2-3-15(11)21)19(28)14(8-24)18(27)13-5-10(7-23)17(26)6-16(13)22/h2-6,26-27H,9H2,1H3/b18-14-. The zero-order valence-corrected chi connectivity index (χ0v) is 15.1. The largest absolute Gasteiger partial charge is 0.506 e. The third kappa shape index (κ3) is 4.20. The van der Waals surface area contributed by atoms with Gasteiger partial charge in [-0.15, -0.1) is 0 Å². The number of aliphatic hydroxyl groups is 1. The first-order valence-corrected chi connectivity index (χ1v) is 8.03. The van der Waals surface area contributed by atoms with Crippen molar-refractivity contribution >= 4 is 23.3 Å². The second kappa shape index (κ2) is 8.38. The zero-order valence-electron chi connectivity index (χ0n) is 14.4. The SMILES string of the molecule is CN(Cc1cc(Cl)ccc1F)C(=O)/C(C#N)=C(\O)c1cc(C#N)c(O)cc1F. The second-order valence-electron chi connectivity index (χ2n) is 5.69. The maximum Gasteiger partial charge on any atom is 0.268 e. The van der Waals surface area contributed by atoms with Gasteiger partial charge >= 0.3 is 0 Å². The van der Waals surface area contributed by atoms with Crippen molar-refractivity contribution in [1.82, 2.24) is 4.90 Å². The predicted molar refractivity (Wildman–Crippen MR) is 95.8 cm³/mol. The molecule has 0 aliphatic carbocycles. The Kier molecular flexibility index (Phi) is 6.19. The van der Waals surface area contributed by atoms with Gasteiger partial charge in [-0.1, -0.05) is 11.6 Å². The Morgan fingerprint density at radius 2 is 1.89 bits per heavy atom. The first-order valence-electron chi connectivity index (χ1n) is 7.65. The van der Waals surface area contributed by atoms with E-state index in [0.29, 0.717) is 6.07 Å². The number of hydrogen-bond acceptors (Lipinski definition) is 5. The minimum Gasteiger partial charge on any atom is -0.506 e. The smallest absolute Gasteiger partial charge is 0.268 e. The highest BCUT2D eigenvalue weighted by atomic mass is 35.5. The molecule has 0 aliphatic rings. The number of halogens is 3. The van der Waals surface area contributed by atoms with Crippen molar-refractivity contribution in [3.05, 3.63) is 69.3 Å².